The highest BCUT2D eigenvalue weighted by Gasteiger charge is 2.34. The van der Waals surface area contributed by atoms with E-state index in [1.165, 1.54) is 0 Å². The molecular formula is C19H16BrN3O2. The summed E-state index contributed by atoms with van der Waals surface area (Å²) < 4.78 is 6.39. The number of carbonyl (C=O) groups is 1. The van der Waals surface area contributed by atoms with Gasteiger partial charge in [-0.05, 0) is 17.7 Å². The van der Waals surface area contributed by atoms with Crippen LogP contribution >= 0.6 is 15.9 Å². The zero-order chi connectivity index (χ0) is 17.2. The first-order chi connectivity index (χ1) is 12.2. The Kier molecular flexibility index (Phi) is 4.36. The Balaban J connectivity index is 1.49. The Morgan fingerprint density at radius 2 is 2.00 bits per heavy atom. The summed E-state index contributed by atoms with van der Waals surface area (Å²) >= 11 is 3.44. The van der Waals surface area contributed by atoms with Gasteiger partial charge in [-0.2, -0.15) is 4.98 Å². The molecule has 0 saturated carbocycles. The van der Waals surface area contributed by atoms with Crippen LogP contribution in [-0.2, 0) is 11.3 Å². The molecule has 2 aromatic carbocycles. The SMILES string of the molecule is O=C1CC(c2nc(-c3cccc(Br)c3)no2)CN1Cc1ccccc1. The fraction of sp³-hybridized carbons (Fsp3) is 0.211. The maximum absolute atomic E-state index is 12.3. The highest BCUT2D eigenvalue weighted by Crippen LogP contribution is 2.30. The zero-order valence-electron chi connectivity index (χ0n) is 13.4. The number of hydrogen-bond donors (Lipinski definition) is 0. The summed E-state index contributed by atoms with van der Waals surface area (Å²) in [6.45, 7) is 1.22. The normalized spacial score (nSPS) is 17.2. The van der Waals surface area contributed by atoms with Gasteiger partial charge in [0.25, 0.3) is 0 Å². The molecule has 6 heteroatoms. The lowest BCUT2D eigenvalue weighted by molar-refractivity contribution is -0.128. The highest BCUT2D eigenvalue weighted by molar-refractivity contribution is 9.10. The first-order valence-electron chi connectivity index (χ1n) is 8.10. The summed E-state index contributed by atoms with van der Waals surface area (Å²) in [5.41, 5.74) is 2.01. The van der Waals surface area contributed by atoms with Gasteiger partial charge < -0.3 is 9.42 Å². The van der Waals surface area contributed by atoms with Crippen LogP contribution in [0.25, 0.3) is 11.4 Å². The van der Waals surface area contributed by atoms with E-state index in [1.54, 1.807) is 0 Å². The Bertz CT molecular complexity index is 894. The van der Waals surface area contributed by atoms with Gasteiger partial charge in [-0.3, -0.25) is 4.79 Å². The van der Waals surface area contributed by atoms with Gasteiger partial charge in [0.1, 0.15) is 0 Å². The molecule has 126 valence electrons. The third-order valence-electron chi connectivity index (χ3n) is 4.30. The van der Waals surface area contributed by atoms with Gasteiger partial charge in [0.05, 0.1) is 5.92 Å². The molecule has 2 heterocycles. The van der Waals surface area contributed by atoms with E-state index in [0.717, 1.165) is 15.6 Å². The number of aromatic nitrogens is 2. The molecule has 5 nitrogen and oxygen atoms in total. The summed E-state index contributed by atoms with van der Waals surface area (Å²) in [4.78, 5) is 18.7. The van der Waals surface area contributed by atoms with Crippen LogP contribution in [0.4, 0.5) is 0 Å². The van der Waals surface area contributed by atoms with Gasteiger partial charge in [-0.1, -0.05) is 63.6 Å². The van der Waals surface area contributed by atoms with Crippen LogP contribution in [0.3, 0.4) is 0 Å². The van der Waals surface area contributed by atoms with Crippen molar-refractivity contribution in [1.82, 2.24) is 15.0 Å². The van der Waals surface area contributed by atoms with Crippen LogP contribution in [0, 0.1) is 0 Å². The van der Waals surface area contributed by atoms with Crippen molar-refractivity contribution in [2.75, 3.05) is 6.54 Å². The number of carbonyl (C=O) groups excluding carboxylic acids is 1. The van der Waals surface area contributed by atoms with Crippen LogP contribution in [0.15, 0.2) is 63.6 Å². The lowest BCUT2D eigenvalue weighted by atomic mass is 10.1. The van der Waals surface area contributed by atoms with Gasteiger partial charge in [0.15, 0.2) is 0 Å². The van der Waals surface area contributed by atoms with Gasteiger partial charge in [-0.15, -0.1) is 0 Å². The minimum atomic E-state index is -0.0513. The fourth-order valence-electron chi connectivity index (χ4n) is 3.04. The molecule has 1 amide bonds. The van der Waals surface area contributed by atoms with Crippen molar-refractivity contribution in [2.24, 2.45) is 0 Å². The molecule has 0 spiro atoms. The van der Waals surface area contributed by atoms with E-state index in [2.05, 4.69) is 26.1 Å². The average molecular weight is 398 g/mol. The van der Waals surface area contributed by atoms with Gasteiger partial charge in [-0.25, -0.2) is 0 Å². The van der Waals surface area contributed by atoms with E-state index in [0.29, 0.717) is 31.2 Å². The van der Waals surface area contributed by atoms with Crippen LogP contribution < -0.4 is 0 Å². The molecule has 3 aromatic rings. The Morgan fingerprint density at radius 3 is 2.80 bits per heavy atom. The van der Waals surface area contributed by atoms with Crippen molar-refractivity contribution in [2.45, 2.75) is 18.9 Å². The molecule has 0 radical (unpaired) electrons. The van der Waals surface area contributed by atoms with Crippen molar-refractivity contribution in [1.29, 1.82) is 0 Å². The first-order valence-corrected chi connectivity index (χ1v) is 8.89. The largest absolute Gasteiger partial charge is 0.339 e. The summed E-state index contributed by atoms with van der Waals surface area (Å²) in [5.74, 6) is 1.14. The topological polar surface area (TPSA) is 59.2 Å². The average Bonchev–Trinajstić information content (AvgIpc) is 3.24. The predicted molar refractivity (Wildman–Crippen MR) is 96.7 cm³/mol. The van der Waals surface area contributed by atoms with Gasteiger partial charge in [0.2, 0.25) is 17.6 Å². The third kappa shape index (κ3) is 3.49. The summed E-state index contributed by atoms with van der Waals surface area (Å²) in [5, 5.41) is 4.07. The molecule has 1 aliphatic rings. The monoisotopic (exact) mass is 397 g/mol. The van der Waals surface area contributed by atoms with Crippen molar-refractivity contribution in [3.8, 4) is 11.4 Å². The third-order valence-corrected chi connectivity index (χ3v) is 4.80. The second-order valence-corrected chi connectivity index (χ2v) is 7.04. The Labute approximate surface area is 153 Å². The van der Waals surface area contributed by atoms with Crippen molar-refractivity contribution < 1.29 is 9.32 Å². The molecule has 0 aliphatic carbocycles. The van der Waals surface area contributed by atoms with Gasteiger partial charge >= 0.3 is 0 Å². The molecule has 25 heavy (non-hydrogen) atoms. The highest BCUT2D eigenvalue weighted by atomic mass is 79.9. The van der Waals surface area contributed by atoms with Crippen LogP contribution in [0.1, 0.15) is 23.8 Å². The standard InChI is InChI=1S/C19H16BrN3O2/c20-16-8-4-7-14(9-16)18-21-19(25-22-18)15-10-17(24)23(12-15)11-13-5-2-1-3-6-13/h1-9,15H,10-12H2. The number of halogens is 1. The summed E-state index contributed by atoms with van der Waals surface area (Å²) in [7, 11) is 0. The van der Waals surface area contributed by atoms with Crippen LogP contribution in [-0.4, -0.2) is 27.5 Å². The minimum Gasteiger partial charge on any atom is -0.339 e. The minimum absolute atomic E-state index is 0.0513. The van der Waals surface area contributed by atoms with E-state index >= 15 is 0 Å². The van der Waals surface area contributed by atoms with Crippen molar-refractivity contribution in [3.05, 3.63) is 70.5 Å². The van der Waals surface area contributed by atoms with Gasteiger partial charge in [0, 0.05) is 29.5 Å². The van der Waals surface area contributed by atoms with Crippen molar-refractivity contribution >= 4 is 21.8 Å². The molecule has 1 aromatic heterocycles. The van der Waals surface area contributed by atoms with E-state index < -0.39 is 0 Å². The number of benzene rings is 2. The molecule has 1 fully saturated rings. The maximum atomic E-state index is 12.3. The lowest BCUT2D eigenvalue weighted by Crippen LogP contribution is -2.24. The number of nitrogens with zero attached hydrogens (tertiary/aromatic N) is 3. The van der Waals surface area contributed by atoms with E-state index in [4.69, 9.17) is 4.52 Å². The van der Waals surface area contributed by atoms with Crippen molar-refractivity contribution in [3.63, 3.8) is 0 Å². The maximum Gasteiger partial charge on any atom is 0.232 e. The second kappa shape index (κ2) is 6.80. The summed E-state index contributed by atoms with van der Waals surface area (Å²) in [6.07, 6.45) is 0.410. The smallest absolute Gasteiger partial charge is 0.232 e. The number of amides is 1. The number of hydrogen-bond acceptors (Lipinski definition) is 4. The van der Waals surface area contributed by atoms with Crippen LogP contribution in [0.2, 0.25) is 0 Å². The molecule has 0 N–H and O–H groups in total. The molecular weight excluding hydrogens is 382 g/mol. The Morgan fingerprint density at radius 1 is 1.16 bits per heavy atom. The fourth-order valence-corrected chi connectivity index (χ4v) is 3.44. The zero-order valence-corrected chi connectivity index (χ0v) is 15.0. The predicted octanol–water partition coefficient (Wildman–Crippen LogP) is 4.02. The van der Waals surface area contributed by atoms with Crippen LogP contribution in [0.5, 0.6) is 0 Å². The summed E-state index contributed by atoms with van der Waals surface area (Å²) in [6, 6.07) is 17.7. The molecule has 1 unspecified atom stereocenters. The quantitative estimate of drug-likeness (QED) is 0.666. The lowest BCUT2D eigenvalue weighted by Gasteiger charge is -2.15. The molecule has 1 saturated heterocycles. The molecule has 4 rings (SSSR count). The second-order valence-electron chi connectivity index (χ2n) is 6.13. The van der Waals surface area contributed by atoms with E-state index in [1.807, 2.05) is 59.5 Å². The molecule has 1 aliphatic heterocycles. The van der Waals surface area contributed by atoms with E-state index in [-0.39, 0.29) is 11.8 Å². The number of likely N-dealkylation sites (tertiary alicyclic amines) is 1. The number of rotatable bonds is 4. The van der Waals surface area contributed by atoms with E-state index in [9.17, 15) is 4.79 Å². The first kappa shape index (κ1) is 16.0. The molecule has 1 atom stereocenters. The Hall–Kier alpha value is -2.47. The molecule has 0 bridgehead atoms.